The molecule has 0 aromatic rings. The van der Waals surface area contributed by atoms with Crippen LogP contribution in [0.25, 0.3) is 0 Å². The lowest BCUT2D eigenvalue weighted by Crippen LogP contribution is -2.36. The maximum Gasteiger partial charge on any atom is 0.407 e. The van der Waals surface area contributed by atoms with Crippen LogP contribution in [0.3, 0.4) is 0 Å². The molecular formula is C17H34N2O6. The fourth-order valence-electron chi connectivity index (χ4n) is 2.39. The van der Waals surface area contributed by atoms with Crippen molar-refractivity contribution in [3.8, 4) is 0 Å². The molecule has 1 unspecified atom stereocenters. The van der Waals surface area contributed by atoms with Crippen LogP contribution in [0.2, 0.25) is 0 Å². The second-order valence-electron chi connectivity index (χ2n) is 6.80. The van der Waals surface area contributed by atoms with Gasteiger partial charge in [-0.2, -0.15) is 0 Å². The molecule has 2 N–H and O–H groups in total. The van der Waals surface area contributed by atoms with Crippen LogP contribution in [0.15, 0.2) is 0 Å². The SMILES string of the molecule is COCCOC(=O)NCCC(C)CC(C)(C)CNC(=O)OCCOC. The van der Waals surface area contributed by atoms with Gasteiger partial charge < -0.3 is 29.6 Å². The summed E-state index contributed by atoms with van der Waals surface area (Å²) in [5, 5.41) is 5.49. The molecule has 0 aliphatic heterocycles. The third-order valence-electron chi connectivity index (χ3n) is 3.56. The molecule has 0 radical (unpaired) electrons. The lowest BCUT2D eigenvalue weighted by Gasteiger charge is -2.28. The van der Waals surface area contributed by atoms with E-state index in [4.69, 9.17) is 18.9 Å². The Morgan fingerprint density at radius 1 is 0.920 bits per heavy atom. The van der Waals surface area contributed by atoms with Gasteiger partial charge in [0.15, 0.2) is 0 Å². The highest BCUT2D eigenvalue weighted by Gasteiger charge is 2.22. The first-order valence-electron chi connectivity index (χ1n) is 8.60. The third-order valence-corrected chi connectivity index (χ3v) is 3.56. The van der Waals surface area contributed by atoms with E-state index in [1.54, 1.807) is 14.2 Å². The molecule has 0 aliphatic carbocycles. The molecule has 0 fully saturated rings. The van der Waals surface area contributed by atoms with Crippen LogP contribution in [-0.2, 0) is 18.9 Å². The molecule has 25 heavy (non-hydrogen) atoms. The third kappa shape index (κ3) is 14.5. The van der Waals surface area contributed by atoms with Crippen molar-refractivity contribution in [2.75, 3.05) is 53.7 Å². The van der Waals surface area contributed by atoms with Gasteiger partial charge in [0, 0.05) is 27.3 Å². The number of hydrogen-bond donors (Lipinski definition) is 2. The number of rotatable bonds is 13. The summed E-state index contributed by atoms with van der Waals surface area (Å²) in [6.07, 6.45) is 0.884. The second kappa shape index (κ2) is 13.7. The molecular weight excluding hydrogens is 328 g/mol. The van der Waals surface area contributed by atoms with E-state index in [9.17, 15) is 9.59 Å². The maximum absolute atomic E-state index is 11.5. The first-order valence-corrected chi connectivity index (χ1v) is 8.60. The Labute approximate surface area is 150 Å². The summed E-state index contributed by atoms with van der Waals surface area (Å²) in [6, 6.07) is 0. The van der Waals surface area contributed by atoms with Crippen molar-refractivity contribution in [3.63, 3.8) is 0 Å². The molecule has 0 heterocycles. The predicted molar refractivity (Wildman–Crippen MR) is 94.6 cm³/mol. The van der Waals surface area contributed by atoms with Gasteiger partial charge in [-0.25, -0.2) is 9.59 Å². The minimum absolute atomic E-state index is 0.0708. The van der Waals surface area contributed by atoms with Crippen LogP contribution in [0.5, 0.6) is 0 Å². The molecule has 148 valence electrons. The van der Waals surface area contributed by atoms with Gasteiger partial charge >= 0.3 is 12.2 Å². The van der Waals surface area contributed by atoms with Gasteiger partial charge in [0.2, 0.25) is 0 Å². The van der Waals surface area contributed by atoms with Crippen molar-refractivity contribution < 1.29 is 28.5 Å². The summed E-state index contributed by atoms with van der Waals surface area (Å²) in [6.45, 7) is 8.63. The largest absolute Gasteiger partial charge is 0.447 e. The highest BCUT2D eigenvalue weighted by atomic mass is 16.6. The van der Waals surface area contributed by atoms with Crippen LogP contribution in [-0.4, -0.2) is 65.9 Å². The minimum Gasteiger partial charge on any atom is -0.447 e. The molecule has 1 atom stereocenters. The Balaban J connectivity index is 3.88. The molecule has 0 aliphatic rings. The van der Waals surface area contributed by atoms with Crippen LogP contribution in [0, 0.1) is 11.3 Å². The first-order chi connectivity index (χ1) is 11.8. The zero-order valence-corrected chi connectivity index (χ0v) is 16.2. The van der Waals surface area contributed by atoms with Crippen LogP contribution in [0.1, 0.15) is 33.6 Å². The standard InChI is InChI=1S/C17H34N2O6/c1-14(6-7-18-15(20)24-10-8-22-4)12-17(2,3)13-19-16(21)25-11-9-23-5/h14H,6-13H2,1-5H3,(H,18,20)(H,19,21). The van der Waals surface area contributed by atoms with Crippen molar-refractivity contribution in [2.45, 2.75) is 33.6 Å². The first kappa shape index (κ1) is 23.5. The van der Waals surface area contributed by atoms with Gasteiger partial charge in [0.25, 0.3) is 0 Å². The Morgan fingerprint density at radius 2 is 1.44 bits per heavy atom. The monoisotopic (exact) mass is 362 g/mol. The normalized spacial score (nSPS) is 12.4. The van der Waals surface area contributed by atoms with E-state index in [1.165, 1.54) is 0 Å². The molecule has 0 aromatic carbocycles. The number of methoxy groups -OCH3 is 2. The second-order valence-corrected chi connectivity index (χ2v) is 6.80. The molecule has 8 nitrogen and oxygen atoms in total. The van der Waals surface area contributed by atoms with E-state index >= 15 is 0 Å². The van der Waals surface area contributed by atoms with Gasteiger partial charge in [-0.3, -0.25) is 0 Å². The highest BCUT2D eigenvalue weighted by Crippen LogP contribution is 2.26. The summed E-state index contributed by atoms with van der Waals surface area (Å²) in [4.78, 5) is 23.0. The lowest BCUT2D eigenvalue weighted by atomic mass is 9.82. The van der Waals surface area contributed by atoms with Gasteiger partial charge in [-0.05, 0) is 24.2 Å². The zero-order valence-electron chi connectivity index (χ0n) is 16.2. The zero-order chi connectivity index (χ0) is 19.1. The molecule has 2 amide bonds. The van der Waals surface area contributed by atoms with E-state index < -0.39 is 12.2 Å². The fraction of sp³-hybridized carbons (Fsp3) is 0.882. The highest BCUT2D eigenvalue weighted by molar-refractivity contribution is 5.67. The topological polar surface area (TPSA) is 95.1 Å². The molecule has 0 bridgehead atoms. The van der Waals surface area contributed by atoms with Crippen LogP contribution in [0.4, 0.5) is 9.59 Å². The average Bonchev–Trinajstić information content (AvgIpc) is 2.53. The number of nitrogens with one attached hydrogen (secondary N) is 2. The van der Waals surface area contributed by atoms with Gasteiger partial charge in [0.05, 0.1) is 13.2 Å². The van der Waals surface area contributed by atoms with Crippen molar-refractivity contribution in [1.29, 1.82) is 0 Å². The molecule has 0 rings (SSSR count). The van der Waals surface area contributed by atoms with Gasteiger partial charge in [-0.15, -0.1) is 0 Å². The van der Waals surface area contributed by atoms with Crippen LogP contribution >= 0.6 is 0 Å². The van der Waals surface area contributed by atoms with E-state index in [1.807, 2.05) is 0 Å². The summed E-state index contributed by atoms with van der Waals surface area (Å²) < 4.78 is 19.5. The summed E-state index contributed by atoms with van der Waals surface area (Å²) >= 11 is 0. The number of hydrogen-bond acceptors (Lipinski definition) is 6. The van der Waals surface area contributed by atoms with Crippen molar-refractivity contribution in [1.82, 2.24) is 10.6 Å². The number of ether oxygens (including phenoxy) is 4. The molecule has 0 spiro atoms. The molecule has 8 heteroatoms. The molecule has 0 saturated heterocycles. The smallest absolute Gasteiger partial charge is 0.407 e. The van der Waals surface area contributed by atoms with Crippen LogP contribution < -0.4 is 10.6 Å². The number of carbonyl (C=O) groups is 2. The van der Waals surface area contributed by atoms with E-state index in [0.29, 0.717) is 32.2 Å². The number of alkyl carbamates (subject to hydrolysis) is 2. The Hall–Kier alpha value is -1.54. The number of carbonyl (C=O) groups excluding carboxylic acids is 2. The number of amides is 2. The van der Waals surface area contributed by atoms with E-state index in [2.05, 4.69) is 31.4 Å². The maximum atomic E-state index is 11.5. The van der Waals surface area contributed by atoms with Crippen molar-refractivity contribution in [3.05, 3.63) is 0 Å². The Bertz CT molecular complexity index is 376. The van der Waals surface area contributed by atoms with Gasteiger partial charge in [0.1, 0.15) is 13.2 Å². The predicted octanol–water partition coefficient (Wildman–Crippen LogP) is 2.17. The van der Waals surface area contributed by atoms with E-state index in [-0.39, 0.29) is 18.6 Å². The van der Waals surface area contributed by atoms with Crippen molar-refractivity contribution >= 4 is 12.2 Å². The fourth-order valence-corrected chi connectivity index (χ4v) is 2.39. The van der Waals surface area contributed by atoms with E-state index in [0.717, 1.165) is 12.8 Å². The Morgan fingerprint density at radius 3 is 1.96 bits per heavy atom. The molecule has 0 saturated carbocycles. The minimum atomic E-state index is -0.432. The quantitative estimate of drug-likeness (QED) is 0.488. The van der Waals surface area contributed by atoms with Crippen molar-refractivity contribution in [2.24, 2.45) is 11.3 Å². The summed E-state index contributed by atoms with van der Waals surface area (Å²) in [7, 11) is 3.11. The Kier molecular flexibility index (Phi) is 12.9. The lowest BCUT2D eigenvalue weighted by molar-refractivity contribution is 0.0951. The van der Waals surface area contributed by atoms with Gasteiger partial charge in [-0.1, -0.05) is 20.8 Å². The average molecular weight is 362 g/mol. The summed E-state index contributed by atoms with van der Waals surface area (Å²) in [5.74, 6) is 0.389. The molecule has 0 aromatic heterocycles. The summed E-state index contributed by atoms with van der Waals surface area (Å²) in [5.41, 5.74) is -0.0708.